The van der Waals surface area contributed by atoms with Crippen LogP contribution in [-0.4, -0.2) is 62.2 Å². The molecule has 8 nitrogen and oxygen atoms in total. The number of amides is 2. The highest BCUT2D eigenvalue weighted by Gasteiger charge is 2.35. The summed E-state index contributed by atoms with van der Waals surface area (Å²) in [6.07, 6.45) is 3.99. The lowest BCUT2D eigenvalue weighted by Gasteiger charge is -2.26. The molecule has 1 aromatic carbocycles. The van der Waals surface area contributed by atoms with Crippen LogP contribution >= 0.6 is 11.3 Å². The molecule has 0 radical (unpaired) electrons. The van der Waals surface area contributed by atoms with Gasteiger partial charge < -0.3 is 15.0 Å². The molecule has 1 N–H and O–H groups in total. The van der Waals surface area contributed by atoms with E-state index in [-0.39, 0.29) is 22.4 Å². The van der Waals surface area contributed by atoms with Crippen molar-refractivity contribution >= 4 is 38.9 Å². The fraction of sp³-hybridized carbons (Fsp3) is 0.455. The summed E-state index contributed by atoms with van der Waals surface area (Å²) in [5, 5.41) is 4.64. The number of anilines is 1. The van der Waals surface area contributed by atoms with Crippen LogP contribution in [0, 0.1) is 0 Å². The summed E-state index contributed by atoms with van der Waals surface area (Å²) in [5.74, 6) is -0.144. The molecular formula is C22H27N3O5S2. The molecule has 2 amide bonds. The van der Waals surface area contributed by atoms with Gasteiger partial charge in [-0.2, -0.15) is 4.31 Å². The van der Waals surface area contributed by atoms with Crippen LogP contribution in [0.3, 0.4) is 0 Å². The van der Waals surface area contributed by atoms with Gasteiger partial charge in [0.15, 0.2) is 0 Å². The zero-order valence-electron chi connectivity index (χ0n) is 18.0. The second kappa shape index (κ2) is 9.60. The van der Waals surface area contributed by atoms with E-state index in [4.69, 9.17) is 4.74 Å². The van der Waals surface area contributed by atoms with Crippen molar-refractivity contribution in [2.45, 2.75) is 43.0 Å². The van der Waals surface area contributed by atoms with Crippen molar-refractivity contribution in [2.75, 3.05) is 32.1 Å². The molecule has 172 valence electrons. The second-order valence-electron chi connectivity index (χ2n) is 7.95. The Hall–Kier alpha value is -2.43. The largest absolute Gasteiger partial charge is 0.495 e. The van der Waals surface area contributed by atoms with Crippen LogP contribution in [0.1, 0.15) is 41.8 Å². The number of nitrogens with one attached hydrogen (secondary N) is 1. The fourth-order valence-electron chi connectivity index (χ4n) is 4.24. The van der Waals surface area contributed by atoms with Gasteiger partial charge in [0.25, 0.3) is 5.91 Å². The average Bonchev–Trinajstić information content (AvgIpc) is 3.51. The van der Waals surface area contributed by atoms with Crippen molar-refractivity contribution in [3.8, 4) is 5.75 Å². The number of carbonyl (C=O) groups is 2. The molecule has 0 spiro atoms. The van der Waals surface area contributed by atoms with Crippen LogP contribution in [0.25, 0.3) is 0 Å². The maximum absolute atomic E-state index is 13.1. The van der Waals surface area contributed by atoms with E-state index in [2.05, 4.69) is 5.32 Å². The zero-order chi connectivity index (χ0) is 22.7. The Labute approximate surface area is 192 Å². The number of hydrogen-bond acceptors (Lipinski definition) is 6. The summed E-state index contributed by atoms with van der Waals surface area (Å²) >= 11 is 1.35. The molecule has 2 aromatic rings. The predicted molar refractivity (Wildman–Crippen MR) is 123 cm³/mol. The van der Waals surface area contributed by atoms with E-state index >= 15 is 0 Å². The fourth-order valence-corrected chi connectivity index (χ4v) is 6.46. The van der Waals surface area contributed by atoms with Crippen molar-refractivity contribution in [1.82, 2.24) is 9.21 Å². The van der Waals surface area contributed by atoms with Crippen molar-refractivity contribution in [1.29, 1.82) is 0 Å². The van der Waals surface area contributed by atoms with Crippen molar-refractivity contribution < 1.29 is 22.7 Å². The molecule has 2 fully saturated rings. The van der Waals surface area contributed by atoms with Crippen molar-refractivity contribution in [3.05, 3.63) is 40.6 Å². The highest BCUT2D eigenvalue weighted by molar-refractivity contribution is 7.89. The Morgan fingerprint density at radius 1 is 1.09 bits per heavy atom. The van der Waals surface area contributed by atoms with Gasteiger partial charge in [0.2, 0.25) is 15.9 Å². The van der Waals surface area contributed by atoms with E-state index < -0.39 is 16.1 Å². The second-order valence-corrected chi connectivity index (χ2v) is 10.8. The van der Waals surface area contributed by atoms with Crippen LogP contribution in [0.15, 0.2) is 40.6 Å². The maximum atomic E-state index is 13.1. The first-order valence-electron chi connectivity index (χ1n) is 10.8. The molecular weight excluding hydrogens is 450 g/mol. The van der Waals surface area contributed by atoms with Gasteiger partial charge in [0.1, 0.15) is 11.8 Å². The SMILES string of the molecule is COc1ccc(S(=O)(=O)N2CCCCC2)cc1NC(=O)[C@@H]1CCCN1C(=O)c1cccs1. The van der Waals surface area contributed by atoms with E-state index in [1.54, 1.807) is 17.0 Å². The molecule has 2 aliphatic heterocycles. The van der Waals surface area contributed by atoms with Crippen LogP contribution in [-0.2, 0) is 14.8 Å². The van der Waals surface area contributed by atoms with Gasteiger partial charge in [0, 0.05) is 19.6 Å². The molecule has 0 bridgehead atoms. The summed E-state index contributed by atoms with van der Waals surface area (Å²) in [7, 11) is -2.19. The highest BCUT2D eigenvalue weighted by Crippen LogP contribution is 2.31. The number of piperidine rings is 1. The van der Waals surface area contributed by atoms with Crippen LogP contribution in [0.2, 0.25) is 0 Å². The van der Waals surface area contributed by atoms with Crippen molar-refractivity contribution in [2.24, 2.45) is 0 Å². The third-order valence-electron chi connectivity index (χ3n) is 5.93. The molecule has 2 saturated heterocycles. The summed E-state index contributed by atoms with van der Waals surface area (Å²) in [4.78, 5) is 28.2. The van der Waals surface area contributed by atoms with Gasteiger partial charge in [-0.15, -0.1) is 11.3 Å². The molecule has 0 unspecified atom stereocenters. The number of rotatable bonds is 6. The average molecular weight is 478 g/mol. The van der Waals surface area contributed by atoms with E-state index in [9.17, 15) is 18.0 Å². The molecule has 10 heteroatoms. The van der Waals surface area contributed by atoms with Gasteiger partial charge in [-0.3, -0.25) is 9.59 Å². The Morgan fingerprint density at radius 2 is 1.88 bits per heavy atom. The number of sulfonamides is 1. The van der Waals surface area contributed by atoms with E-state index in [0.717, 1.165) is 25.7 Å². The van der Waals surface area contributed by atoms with Crippen LogP contribution in [0.4, 0.5) is 5.69 Å². The monoisotopic (exact) mass is 477 g/mol. The Kier molecular flexibility index (Phi) is 6.82. The smallest absolute Gasteiger partial charge is 0.264 e. The minimum atomic E-state index is -3.65. The minimum Gasteiger partial charge on any atom is -0.495 e. The first-order valence-corrected chi connectivity index (χ1v) is 13.1. The van der Waals surface area contributed by atoms with Gasteiger partial charge in [-0.05, 0) is 55.3 Å². The summed E-state index contributed by atoms with van der Waals surface area (Å²) in [6.45, 7) is 1.51. The lowest BCUT2D eigenvalue weighted by molar-refractivity contribution is -0.119. The van der Waals surface area contributed by atoms with Gasteiger partial charge >= 0.3 is 0 Å². The molecule has 1 atom stereocenters. The first-order chi connectivity index (χ1) is 15.4. The number of benzene rings is 1. The predicted octanol–water partition coefficient (Wildman–Crippen LogP) is 3.17. The number of likely N-dealkylation sites (tertiary alicyclic amines) is 1. The molecule has 3 heterocycles. The van der Waals surface area contributed by atoms with E-state index in [1.807, 2.05) is 11.4 Å². The van der Waals surface area contributed by atoms with Crippen molar-refractivity contribution in [3.63, 3.8) is 0 Å². The van der Waals surface area contributed by atoms with Gasteiger partial charge in [0.05, 0.1) is 22.6 Å². The van der Waals surface area contributed by atoms with Crippen LogP contribution < -0.4 is 10.1 Å². The Morgan fingerprint density at radius 3 is 2.56 bits per heavy atom. The van der Waals surface area contributed by atoms with Crippen LogP contribution in [0.5, 0.6) is 5.75 Å². The lowest BCUT2D eigenvalue weighted by Crippen LogP contribution is -2.43. The molecule has 0 saturated carbocycles. The molecule has 32 heavy (non-hydrogen) atoms. The van der Waals surface area contributed by atoms with E-state index in [1.165, 1.54) is 34.9 Å². The molecule has 1 aromatic heterocycles. The number of hydrogen-bond donors (Lipinski definition) is 1. The first kappa shape index (κ1) is 22.8. The maximum Gasteiger partial charge on any atom is 0.264 e. The molecule has 4 rings (SSSR count). The normalized spacial score (nSPS) is 19.7. The summed E-state index contributed by atoms with van der Waals surface area (Å²) < 4.78 is 33.0. The third-order valence-corrected chi connectivity index (χ3v) is 8.68. The minimum absolute atomic E-state index is 0.119. The molecule has 2 aliphatic rings. The third kappa shape index (κ3) is 4.53. The number of thiophene rings is 1. The number of methoxy groups -OCH3 is 1. The topological polar surface area (TPSA) is 96.0 Å². The highest BCUT2D eigenvalue weighted by atomic mass is 32.2. The quantitative estimate of drug-likeness (QED) is 0.689. The zero-order valence-corrected chi connectivity index (χ0v) is 19.6. The molecule has 0 aliphatic carbocycles. The Balaban J connectivity index is 1.55. The summed E-state index contributed by atoms with van der Waals surface area (Å²) in [6, 6.07) is 7.44. The van der Waals surface area contributed by atoms with Gasteiger partial charge in [-0.1, -0.05) is 12.5 Å². The number of carbonyl (C=O) groups excluding carboxylic acids is 2. The van der Waals surface area contributed by atoms with E-state index in [0.29, 0.717) is 36.7 Å². The van der Waals surface area contributed by atoms with Gasteiger partial charge in [-0.25, -0.2) is 8.42 Å². The summed E-state index contributed by atoms with van der Waals surface area (Å²) in [5.41, 5.74) is 0.283. The number of nitrogens with zero attached hydrogens (tertiary/aromatic N) is 2. The number of ether oxygens (including phenoxy) is 1. The Bertz CT molecular complexity index is 1080. The lowest BCUT2D eigenvalue weighted by atomic mass is 10.2. The standard InChI is InChI=1S/C22H27N3O5S2/c1-30-19-10-9-16(32(28,29)24-11-3-2-4-12-24)15-17(19)23-21(26)18-7-5-13-25(18)22(27)20-8-6-14-31-20/h6,8-10,14-15,18H,2-5,7,11-13H2,1H3,(H,23,26)/t18-/m0/s1.